The molecule has 0 radical (unpaired) electrons. The van der Waals surface area contributed by atoms with Crippen molar-refractivity contribution in [2.45, 2.75) is 6.54 Å². The lowest BCUT2D eigenvalue weighted by Crippen LogP contribution is -2.11. The predicted molar refractivity (Wildman–Crippen MR) is 88.2 cm³/mol. The SMILES string of the molecule is O=C(Nc1cnn(Cc2cccc(F)c2)c1)c1ccc2c(c1)OCO2. The van der Waals surface area contributed by atoms with Gasteiger partial charge in [0.1, 0.15) is 5.82 Å². The second-order valence-electron chi connectivity index (χ2n) is 5.58. The van der Waals surface area contributed by atoms with Crippen LogP contribution in [0.1, 0.15) is 15.9 Å². The van der Waals surface area contributed by atoms with Crippen LogP contribution in [-0.4, -0.2) is 22.5 Å². The summed E-state index contributed by atoms with van der Waals surface area (Å²) in [6.45, 7) is 0.574. The standard InChI is InChI=1S/C18H14FN3O3/c19-14-3-1-2-12(6-14)9-22-10-15(8-20-22)21-18(23)13-4-5-16-17(7-13)25-11-24-16/h1-8,10H,9,11H2,(H,21,23). The quantitative estimate of drug-likeness (QED) is 0.793. The van der Waals surface area contributed by atoms with Crippen molar-refractivity contribution in [2.24, 2.45) is 0 Å². The van der Waals surface area contributed by atoms with Gasteiger partial charge in [0, 0.05) is 11.8 Å². The number of rotatable bonds is 4. The fourth-order valence-corrected chi connectivity index (χ4v) is 2.58. The summed E-state index contributed by atoms with van der Waals surface area (Å²) in [6, 6.07) is 11.3. The Bertz CT molecular complexity index is 939. The van der Waals surface area contributed by atoms with Gasteiger partial charge in [-0.05, 0) is 35.9 Å². The highest BCUT2D eigenvalue weighted by Gasteiger charge is 2.16. The summed E-state index contributed by atoms with van der Waals surface area (Å²) < 4.78 is 25.3. The lowest BCUT2D eigenvalue weighted by Gasteiger charge is -2.04. The van der Waals surface area contributed by atoms with E-state index in [9.17, 15) is 9.18 Å². The Labute approximate surface area is 142 Å². The van der Waals surface area contributed by atoms with Crippen LogP contribution in [-0.2, 0) is 6.54 Å². The van der Waals surface area contributed by atoms with Crippen LogP contribution in [0.4, 0.5) is 10.1 Å². The molecule has 0 atom stereocenters. The van der Waals surface area contributed by atoms with Crippen LogP contribution in [0.2, 0.25) is 0 Å². The molecule has 1 amide bonds. The highest BCUT2D eigenvalue weighted by molar-refractivity contribution is 6.04. The average molecular weight is 339 g/mol. The number of anilines is 1. The molecule has 0 spiro atoms. The monoisotopic (exact) mass is 339 g/mol. The first-order valence-corrected chi connectivity index (χ1v) is 7.65. The molecule has 4 rings (SSSR count). The first kappa shape index (κ1) is 15.2. The summed E-state index contributed by atoms with van der Waals surface area (Å²) >= 11 is 0. The van der Waals surface area contributed by atoms with E-state index < -0.39 is 0 Å². The van der Waals surface area contributed by atoms with Crippen LogP contribution < -0.4 is 14.8 Å². The van der Waals surface area contributed by atoms with Crippen molar-refractivity contribution >= 4 is 11.6 Å². The molecule has 126 valence electrons. The van der Waals surface area contributed by atoms with Gasteiger partial charge in [-0.15, -0.1) is 0 Å². The van der Waals surface area contributed by atoms with E-state index in [0.29, 0.717) is 29.3 Å². The number of hydrogen-bond acceptors (Lipinski definition) is 4. The Kier molecular flexibility index (Phi) is 3.81. The molecule has 0 unspecified atom stereocenters. The Morgan fingerprint density at radius 2 is 2.08 bits per heavy atom. The van der Waals surface area contributed by atoms with Crippen LogP contribution in [0.3, 0.4) is 0 Å². The number of halogens is 1. The molecule has 7 heteroatoms. The topological polar surface area (TPSA) is 65.4 Å². The third-order valence-electron chi connectivity index (χ3n) is 3.76. The van der Waals surface area contributed by atoms with E-state index >= 15 is 0 Å². The summed E-state index contributed by atoms with van der Waals surface area (Å²) in [5.74, 6) is 0.610. The van der Waals surface area contributed by atoms with Crippen molar-refractivity contribution in [1.82, 2.24) is 9.78 Å². The predicted octanol–water partition coefficient (Wildman–Crippen LogP) is 3.05. The van der Waals surface area contributed by atoms with Crippen molar-refractivity contribution in [2.75, 3.05) is 12.1 Å². The number of aromatic nitrogens is 2. The van der Waals surface area contributed by atoms with Crippen molar-refractivity contribution in [3.8, 4) is 11.5 Å². The molecule has 2 heterocycles. The number of benzene rings is 2. The largest absolute Gasteiger partial charge is 0.454 e. The molecular formula is C18H14FN3O3. The minimum atomic E-state index is -0.291. The summed E-state index contributed by atoms with van der Waals surface area (Å²) in [5.41, 5.74) is 1.80. The molecular weight excluding hydrogens is 325 g/mol. The first-order chi connectivity index (χ1) is 12.2. The second-order valence-corrected chi connectivity index (χ2v) is 5.58. The van der Waals surface area contributed by atoms with Crippen molar-refractivity contribution < 1.29 is 18.7 Å². The van der Waals surface area contributed by atoms with E-state index in [2.05, 4.69) is 10.4 Å². The minimum Gasteiger partial charge on any atom is -0.454 e. The maximum Gasteiger partial charge on any atom is 0.255 e. The van der Waals surface area contributed by atoms with E-state index in [1.165, 1.54) is 12.1 Å². The Hall–Kier alpha value is -3.35. The maximum atomic E-state index is 13.2. The van der Waals surface area contributed by atoms with Gasteiger partial charge in [-0.25, -0.2) is 4.39 Å². The molecule has 0 saturated carbocycles. The fraction of sp³-hybridized carbons (Fsp3) is 0.111. The number of hydrogen-bond donors (Lipinski definition) is 1. The number of fused-ring (bicyclic) bond motifs is 1. The van der Waals surface area contributed by atoms with Gasteiger partial charge in [-0.3, -0.25) is 9.48 Å². The van der Waals surface area contributed by atoms with E-state index in [1.807, 2.05) is 6.07 Å². The molecule has 0 aliphatic carbocycles. The molecule has 1 N–H and O–H groups in total. The van der Waals surface area contributed by atoms with E-state index in [1.54, 1.807) is 41.3 Å². The van der Waals surface area contributed by atoms with Gasteiger partial charge in [0.15, 0.2) is 11.5 Å². The Balaban J connectivity index is 1.44. The third kappa shape index (κ3) is 3.30. The Morgan fingerprint density at radius 3 is 2.96 bits per heavy atom. The molecule has 1 aromatic heterocycles. The molecule has 3 aromatic rings. The number of nitrogens with zero attached hydrogens (tertiary/aromatic N) is 2. The number of amides is 1. The second kappa shape index (κ2) is 6.27. The lowest BCUT2D eigenvalue weighted by atomic mass is 10.2. The number of nitrogens with one attached hydrogen (secondary N) is 1. The van der Waals surface area contributed by atoms with Crippen molar-refractivity contribution in [3.05, 3.63) is 71.8 Å². The van der Waals surface area contributed by atoms with Crippen LogP contribution >= 0.6 is 0 Å². The highest BCUT2D eigenvalue weighted by Crippen LogP contribution is 2.32. The lowest BCUT2D eigenvalue weighted by molar-refractivity contribution is 0.102. The Morgan fingerprint density at radius 1 is 1.20 bits per heavy atom. The zero-order valence-corrected chi connectivity index (χ0v) is 13.1. The smallest absolute Gasteiger partial charge is 0.255 e. The molecule has 2 aromatic carbocycles. The molecule has 25 heavy (non-hydrogen) atoms. The zero-order chi connectivity index (χ0) is 17.2. The average Bonchev–Trinajstić information content (AvgIpc) is 3.23. The van der Waals surface area contributed by atoms with Gasteiger partial charge < -0.3 is 14.8 Å². The summed E-state index contributed by atoms with van der Waals surface area (Å²) in [5, 5.41) is 6.95. The molecule has 1 aliphatic rings. The van der Waals surface area contributed by atoms with Gasteiger partial charge >= 0.3 is 0 Å². The highest BCUT2D eigenvalue weighted by atomic mass is 19.1. The van der Waals surface area contributed by atoms with Gasteiger partial charge in [0.05, 0.1) is 18.4 Å². The van der Waals surface area contributed by atoms with Crippen LogP contribution in [0.15, 0.2) is 54.9 Å². The number of carbonyl (C=O) groups excluding carboxylic acids is 1. The van der Waals surface area contributed by atoms with Crippen LogP contribution in [0.25, 0.3) is 0 Å². The van der Waals surface area contributed by atoms with E-state index in [4.69, 9.17) is 9.47 Å². The van der Waals surface area contributed by atoms with E-state index in [-0.39, 0.29) is 18.5 Å². The van der Waals surface area contributed by atoms with Gasteiger partial charge in [-0.1, -0.05) is 12.1 Å². The summed E-state index contributed by atoms with van der Waals surface area (Å²) in [7, 11) is 0. The molecule has 0 fully saturated rings. The fourth-order valence-electron chi connectivity index (χ4n) is 2.58. The zero-order valence-electron chi connectivity index (χ0n) is 13.1. The third-order valence-corrected chi connectivity index (χ3v) is 3.76. The summed E-state index contributed by atoms with van der Waals surface area (Å²) in [6.07, 6.45) is 3.24. The number of carbonyl (C=O) groups is 1. The van der Waals surface area contributed by atoms with Crippen molar-refractivity contribution in [1.29, 1.82) is 0 Å². The first-order valence-electron chi connectivity index (χ1n) is 7.65. The van der Waals surface area contributed by atoms with Crippen LogP contribution in [0.5, 0.6) is 11.5 Å². The van der Waals surface area contributed by atoms with Crippen molar-refractivity contribution in [3.63, 3.8) is 0 Å². The molecule has 0 saturated heterocycles. The van der Waals surface area contributed by atoms with E-state index in [0.717, 1.165) is 5.56 Å². The summed E-state index contributed by atoms with van der Waals surface area (Å²) in [4.78, 5) is 12.3. The van der Waals surface area contributed by atoms with Crippen LogP contribution in [0, 0.1) is 5.82 Å². The molecule has 1 aliphatic heterocycles. The van der Waals surface area contributed by atoms with Gasteiger partial charge in [0.2, 0.25) is 6.79 Å². The van der Waals surface area contributed by atoms with Gasteiger partial charge in [-0.2, -0.15) is 5.10 Å². The molecule has 6 nitrogen and oxygen atoms in total. The molecule has 0 bridgehead atoms. The van der Waals surface area contributed by atoms with Gasteiger partial charge in [0.25, 0.3) is 5.91 Å². The minimum absolute atomic E-state index is 0.160. The number of ether oxygens (including phenoxy) is 2. The maximum absolute atomic E-state index is 13.2. The normalized spacial score (nSPS) is 12.2.